The highest BCUT2D eigenvalue weighted by atomic mass is 16.5. The predicted octanol–water partition coefficient (Wildman–Crippen LogP) is 4.25. The van der Waals surface area contributed by atoms with Gasteiger partial charge in [0.1, 0.15) is 5.75 Å². The topological polar surface area (TPSA) is 116 Å². The Morgan fingerprint density at radius 3 is 1.92 bits per heavy atom. The molecular formula is C29H30N2O5. The van der Waals surface area contributed by atoms with E-state index in [1.165, 1.54) is 0 Å². The minimum absolute atomic E-state index is 0.0852. The van der Waals surface area contributed by atoms with Gasteiger partial charge in [-0.1, -0.05) is 55.0 Å². The number of esters is 1. The predicted molar refractivity (Wildman–Crippen MR) is 137 cm³/mol. The number of ether oxygens (including phenoxy) is 1. The van der Waals surface area contributed by atoms with E-state index < -0.39 is 12.0 Å². The quantitative estimate of drug-likeness (QED) is 0.213. The molecule has 3 aromatic carbocycles. The van der Waals surface area contributed by atoms with Crippen LogP contribution in [0.4, 0.5) is 0 Å². The summed E-state index contributed by atoms with van der Waals surface area (Å²) in [6.07, 6.45) is 2.82. The molecule has 0 saturated carbocycles. The molecule has 3 rings (SSSR count). The third-order valence-corrected chi connectivity index (χ3v) is 5.66. The smallest absolute Gasteiger partial charge is 0.343 e. The number of benzene rings is 3. The molecule has 0 aliphatic rings. The number of unbranched alkanes of at least 4 members (excludes halogenated alkanes) is 2. The Morgan fingerprint density at radius 1 is 0.722 bits per heavy atom. The number of carbonyl (C=O) groups excluding carboxylic acids is 4. The van der Waals surface area contributed by atoms with Crippen LogP contribution < -0.4 is 15.8 Å². The van der Waals surface area contributed by atoms with Crippen LogP contribution in [0.1, 0.15) is 58.4 Å². The summed E-state index contributed by atoms with van der Waals surface area (Å²) < 4.78 is 5.41. The van der Waals surface area contributed by atoms with Gasteiger partial charge in [0.25, 0.3) is 5.91 Å². The van der Waals surface area contributed by atoms with Gasteiger partial charge in [0.2, 0.25) is 5.91 Å². The van der Waals surface area contributed by atoms with Crippen molar-refractivity contribution in [3.63, 3.8) is 0 Å². The Kier molecular flexibility index (Phi) is 9.94. The summed E-state index contributed by atoms with van der Waals surface area (Å²) in [4.78, 5) is 48.9. The summed E-state index contributed by atoms with van der Waals surface area (Å²) in [6, 6.07) is 23.6. The van der Waals surface area contributed by atoms with E-state index in [4.69, 9.17) is 10.5 Å². The highest BCUT2D eigenvalue weighted by molar-refractivity contribution is 5.98. The van der Waals surface area contributed by atoms with Crippen molar-refractivity contribution in [2.24, 2.45) is 5.73 Å². The molecule has 2 amide bonds. The maximum atomic E-state index is 13.0. The van der Waals surface area contributed by atoms with Crippen LogP contribution in [0.5, 0.6) is 5.75 Å². The van der Waals surface area contributed by atoms with Crippen LogP contribution in [-0.4, -0.2) is 29.6 Å². The number of nitrogens with two attached hydrogens (primary N) is 1. The van der Waals surface area contributed by atoms with Crippen LogP contribution in [0.25, 0.3) is 0 Å². The van der Waals surface area contributed by atoms with Crippen molar-refractivity contribution in [1.82, 2.24) is 5.32 Å². The molecular weight excluding hydrogens is 456 g/mol. The first-order chi connectivity index (χ1) is 17.4. The number of hydrogen-bond donors (Lipinski definition) is 2. The molecule has 0 bridgehead atoms. The number of carbonyl (C=O) groups is 4. The maximum absolute atomic E-state index is 13.0. The van der Waals surface area contributed by atoms with Gasteiger partial charge in [-0.05, 0) is 61.2 Å². The molecule has 0 spiro atoms. The van der Waals surface area contributed by atoms with E-state index in [1.807, 2.05) is 12.1 Å². The lowest BCUT2D eigenvalue weighted by Gasteiger charge is -2.18. The normalized spacial score (nSPS) is 11.3. The standard InChI is InChI=1S/C29H30N2O5/c30-27(33)15-9-3-8-14-26(32)25(31-28(34)22-10-4-1-5-11-22)20-21-16-18-24(19-17-21)36-29(35)23-12-6-2-7-13-23/h1-2,4-7,10-13,16-19,25H,3,8-9,14-15,20H2,(H2,30,33)(H,31,34). The van der Waals surface area contributed by atoms with E-state index in [0.717, 1.165) is 5.56 Å². The van der Waals surface area contributed by atoms with Gasteiger partial charge in [0, 0.05) is 18.4 Å². The fourth-order valence-corrected chi connectivity index (χ4v) is 3.70. The summed E-state index contributed by atoms with van der Waals surface area (Å²) >= 11 is 0. The van der Waals surface area contributed by atoms with Gasteiger partial charge in [-0.2, -0.15) is 0 Å². The van der Waals surface area contributed by atoms with Crippen molar-refractivity contribution in [2.75, 3.05) is 0 Å². The van der Waals surface area contributed by atoms with Crippen LogP contribution in [0.2, 0.25) is 0 Å². The van der Waals surface area contributed by atoms with Gasteiger partial charge in [-0.15, -0.1) is 0 Å². The fraction of sp³-hybridized carbons (Fsp3) is 0.241. The first-order valence-electron chi connectivity index (χ1n) is 12.0. The Balaban J connectivity index is 1.64. The zero-order valence-electron chi connectivity index (χ0n) is 20.0. The molecule has 7 heteroatoms. The third kappa shape index (κ3) is 8.51. The van der Waals surface area contributed by atoms with Gasteiger partial charge in [0.05, 0.1) is 11.6 Å². The van der Waals surface area contributed by atoms with E-state index in [-0.39, 0.29) is 24.0 Å². The monoisotopic (exact) mass is 486 g/mol. The molecule has 0 aromatic heterocycles. The lowest BCUT2D eigenvalue weighted by molar-refractivity contribution is -0.121. The number of ketones is 1. The van der Waals surface area contributed by atoms with Gasteiger partial charge in [-0.25, -0.2) is 4.79 Å². The molecule has 0 saturated heterocycles. The van der Waals surface area contributed by atoms with Gasteiger partial charge in [-0.3, -0.25) is 14.4 Å². The summed E-state index contributed by atoms with van der Waals surface area (Å²) in [5.74, 6) is -0.831. The Morgan fingerprint density at radius 2 is 1.31 bits per heavy atom. The average molecular weight is 487 g/mol. The molecule has 36 heavy (non-hydrogen) atoms. The van der Waals surface area contributed by atoms with E-state index >= 15 is 0 Å². The SMILES string of the molecule is NC(=O)CCCCCC(=O)C(Cc1ccc(OC(=O)c2ccccc2)cc1)NC(=O)c1ccccc1. The van der Waals surface area contributed by atoms with Crippen molar-refractivity contribution >= 4 is 23.6 Å². The van der Waals surface area contributed by atoms with Crippen LogP contribution in [0, 0.1) is 0 Å². The lowest BCUT2D eigenvalue weighted by Crippen LogP contribution is -2.42. The molecule has 186 valence electrons. The molecule has 0 fully saturated rings. The second-order valence-electron chi connectivity index (χ2n) is 8.49. The first-order valence-corrected chi connectivity index (χ1v) is 12.0. The number of nitrogens with one attached hydrogen (secondary N) is 1. The second-order valence-corrected chi connectivity index (χ2v) is 8.49. The number of hydrogen-bond acceptors (Lipinski definition) is 5. The summed E-state index contributed by atoms with van der Waals surface area (Å²) in [5, 5.41) is 2.86. The van der Waals surface area contributed by atoms with Crippen molar-refractivity contribution in [1.29, 1.82) is 0 Å². The molecule has 3 N–H and O–H groups in total. The Bertz CT molecular complexity index is 1160. The van der Waals surface area contributed by atoms with Crippen LogP contribution in [-0.2, 0) is 16.0 Å². The molecule has 0 heterocycles. The van der Waals surface area contributed by atoms with Gasteiger partial charge < -0.3 is 15.8 Å². The molecule has 0 aliphatic heterocycles. The van der Waals surface area contributed by atoms with Crippen molar-refractivity contribution in [2.45, 2.75) is 44.6 Å². The van der Waals surface area contributed by atoms with E-state index in [1.54, 1.807) is 72.8 Å². The fourth-order valence-electron chi connectivity index (χ4n) is 3.70. The molecule has 7 nitrogen and oxygen atoms in total. The van der Waals surface area contributed by atoms with E-state index in [9.17, 15) is 19.2 Å². The maximum Gasteiger partial charge on any atom is 0.343 e. The Labute approximate surface area is 210 Å². The van der Waals surface area contributed by atoms with E-state index in [0.29, 0.717) is 49.0 Å². The number of rotatable bonds is 13. The van der Waals surface area contributed by atoms with E-state index in [2.05, 4.69) is 5.32 Å². The molecule has 1 unspecified atom stereocenters. The zero-order chi connectivity index (χ0) is 25.8. The third-order valence-electron chi connectivity index (χ3n) is 5.66. The highest BCUT2D eigenvalue weighted by Gasteiger charge is 2.22. The van der Waals surface area contributed by atoms with Crippen molar-refractivity contribution < 1.29 is 23.9 Å². The average Bonchev–Trinajstić information content (AvgIpc) is 2.89. The molecule has 0 radical (unpaired) electrons. The number of primary amides is 1. The van der Waals surface area contributed by atoms with Crippen LogP contribution in [0.3, 0.4) is 0 Å². The molecule has 3 aromatic rings. The lowest BCUT2D eigenvalue weighted by atomic mass is 9.98. The van der Waals surface area contributed by atoms with Crippen molar-refractivity contribution in [3.05, 3.63) is 102 Å². The van der Waals surface area contributed by atoms with Gasteiger partial charge in [0.15, 0.2) is 5.78 Å². The van der Waals surface area contributed by atoms with Crippen LogP contribution in [0.15, 0.2) is 84.9 Å². The Hall–Kier alpha value is -4.26. The van der Waals surface area contributed by atoms with Gasteiger partial charge >= 0.3 is 5.97 Å². The summed E-state index contributed by atoms with van der Waals surface area (Å²) in [5.41, 5.74) is 6.90. The molecule has 0 aliphatic carbocycles. The highest BCUT2D eigenvalue weighted by Crippen LogP contribution is 2.17. The minimum atomic E-state index is -0.716. The molecule has 1 atom stereocenters. The number of Topliss-reactive ketones (excluding diaryl/α,β-unsaturated/α-hetero) is 1. The second kappa shape index (κ2) is 13.6. The summed E-state index contributed by atoms with van der Waals surface area (Å²) in [6.45, 7) is 0. The first kappa shape index (κ1) is 26.3. The van der Waals surface area contributed by atoms with Crippen LogP contribution >= 0.6 is 0 Å². The summed E-state index contributed by atoms with van der Waals surface area (Å²) in [7, 11) is 0. The number of amides is 2. The van der Waals surface area contributed by atoms with Crippen molar-refractivity contribution in [3.8, 4) is 5.75 Å². The zero-order valence-corrected chi connectivity index (χ0v) is 20.0. The minimum Gasteiger partial charge on any atom is -0.423 e. The largest absolute Gasteiger partial charge is 0.423 e.